The molecule has 1 aromatic heterocycles. The van der Waals surface area contributed by atoms with Crippen LogP contribution in [0.4, 0.5) is 5.69 Å². The minimum absolute atomic E-state index is 0.478. The third kappa shape index (κ3) is 4.50. The molecule has 0 spiro atoms. The second-order valence-corrected chi connectivity index (χ2v) is 8.73. The molecule has 0 saturated carbocycles. The van der Waals surface area contributed by atoms with Gasteiger partial charge in [0.15, 0.2) is 0 Å². The van der Waals surface area contributed by atoms with Crippen molar-refractivity contribution < 1.29 is 9.59 Å². The molecule has 2 amide bonds. The van der Waals surface area contributed by atoms with Crippen molar-refractivity contribution in [2.24, 2.45) is 0 Å². The van der Waals surface area contributed by atoms with E-state index >= 15 is 0 Å². The number of anilines is 1. The third-order valence-electron chi connectivity index (χ3n) is 6.69. The van der Waals surface area contributed by atoms with Gasteiger partial charge in [0.25, 0.3) is 0 Å². The van der Waals surface area contributed by atoms with Crippen LogP contribution in [0.1, 0.15) is 16.7 Å². The molecule has 33 heavy (non-hydrogen) atoms. The molecule has 1 fully saturated rings. The maximum Gasteiger partial charge on any atom is 0.313 e. The minimum atomic E-state index is -0.601. The maximum absolute atomic E-state index is 12.8. The smallest absolute Gasteiger partial charge is 0.313 e. The zero-order valence-corrected chi connectivity index (χ0v) is 18.7. The normalized spacial score (nSPS) is 16.5. The Kier molecular flexibility index (Phi) is 5.88. The van der Waals surface area contributed by atoms with Crippen molar-refractivity contribution in [3.8, 4) is 11.3 Å². The number of hydrogen-bond donors (Lipinski definition) is 1. The Morgan fingerprint density at radius 2 is 1.70 bits per heavy atom. The van der Waals surface area contributed by atoms with Gasteiger partial charge in [-0.1, -0.05) is 36.4 Å². The second kappa shape index (κ2) is 9.11. The fraction of sp³-hybridized carbons (Fsp3) is 0.308. The van der Waals surface area contributed by atoms with E-state index < -0.39 is 11.8 Å². The molecule has 2 aliphatic rings. The topological polar surface area (TPSA) is 78.4 Å². The average Bonchev–Trinajstić information content (AvgIpc) is 3.30. The van der Waals surface area contributed by atoms with E-state index in [0.717, 1.165) is 37.1 Å². The summed E-state index contributed by atoms with van der Waals surface area (Å²) in [6, 6.07) is 14.8. The zero-order valence-electron chi connectivity index (χ0n) is 18.7. The molecule has 168 valence electrons. The van der Waals surface area contributed by atoms with E-state index in [1.807, 2.05) is 25.1 Å². The minimum Gasteiger partial charge on any atom is -0.332 e. The summed E-state index contributed by atoms with van der Waals surface area (Å²) in [7, 11) is 0. The molecule has 7 heteroatoms. The van der Waals surface area contributed by atoms with Crippen molar-refractivity contribution in [3.63, 3.8) is 0 Å². The van der Waals surface area contributed by atoms with Gasteiger partial charge in [-0.05, 0) is 42.5 Å². The van der Waals surface area contributed by atoms with Crippen LogP contribution >= 0.6 is 0 Å². The fourth-order valence-electron chi connectivity index (χ4n) is 4.77. The van der Waals surface area contributed by atoms with Crippen LogP contribution in [0.2, 0.25) is 0 Å². The van der Waals surface area contributed by atoms with Crippen molar-refractivity contribution >= 4 is 17.5 Å². The number of amides is 2. The Hall–Kier alpha value is -3.58. The molecule has 1 N–H and O–H groups in total. The molecule has 2 heterocycles. The number of fused-ring (bicyclic) bond motifs is 1. The lowest BCUT2D eigenvalue weighted by Gasteiger charge is -2.37. The van der Waals surface area contributed by atoms with Crippen LogP contribution in [0.3, 0.4) is 0 Å². The first kappa shape index (κ1) is 21.3. The van der Waals surface area contributed by atoms with Crippen LogP contribution in [-0.2, 0) is 22.4 Å². The second-order valence-electron chi connectivity index (χ2n) is 8.73. The summed E-state index contributed by atoms with van der Waals surface area (Å²) in [5, 5.41) is 2.80. The molecule has 1 aliphatic carbocycles. The number of carbonyl (C=O) groups excluding carboxylic acids is 2. The molecule has 0 atom stereocenters. The van der Waals surface area contributed by atoms with Crippen LogP contribution < -0.4 is 5.32 Å². The Labute approximate surface area is 193 Å². The largest absolute Gasteiger partial charge is 0.332 e. The highest BCUT2D eigenvalue weighted by Crippen LogP contribution is 2.26. The van der Waals surface area contributed by atoms with Gasteiger partial charge < -0.3 is 10.2 Å². The first-order valence-electron chi connectivity index (χ1n) is 11.4. The molecule has 0 radical (unpaired) electrons. The quantitative estimate of drug-likeness (QED) is 0.633. The molecule has 3 aromatic rings. The Bertz CT molecular complexity index is 1150. The van der Waals surface area contributed by atoms with Gasteiger partial charge in [-0.15, -0.1) is 0 Å². The standard InChI is InChI=1S/C26H27N5O2/c1-18-6-7-21(24-17-27-8-9-28-24)16-23(18)29-25(32)26(33)31-12-10-30(11-13-31)22-14-19-4-2-3-5-20(19)15-22/h2-9,16-17,22H,10-15H2,1H3,(H,29,32). The van der Waals surface area contributed by atoms with Gasteiger partial charge in [-0.25, -0.2) is 0 Å². The molecule has 1 saturated heterocycles. The number of hydrogen-bond acceptors (Lipinski definition) is 5. The number of rotatable bonds is 3. The van der Waals surface area contributed by atoms with Gasteiger partial charge in [0.05, 0.1) is 11.9 Å². The first-order chi connectivity index (χ1) is 16.1. The van der Waals surface area contributed by atoms with Crippen LogP contribution in [-0.4, -0.2) is 63.8 Å². The van der Waals surface area contributed by atoms with Gasteiger partial charge in [0.2, 0.25) is 0 Å². The monoisotopic (exact) mass is 441 g/mol. The van der Waals surface area contributed by atoms with Gasteiger partial charge in [-0.2, -0.15) is 0 Å². The lowest BCUT2D eigenvalue weighted by atomic mass is 10.1. The number of nitrogens with one attached hydrogen (secondary N) is 1. The van der Waals surface area contributed by atoms with E-state index in [9.17, 15) is 9.59 Å². The van der Waals surface area contributed by atoms with E-state index in [0.29, 0.717) is 30.5 Å². The fourth-order valence-corrected chi connectivity index (χ4v) is 4.77. The molecule has 0 unspecified atom stereocenters. The summed E-state index contributed by atoms with van der Waals surface area (Å²) in [4.78, 5) is 38.1. The number of piperazine rings is 1. The summed E-state index contributed by atoms with van der Waals surface area (Å²) in [5.41, 5.74) is 5.90. The van der Waals surface area contributed by atoms with Crippen LogP contribution in [0, 0.1) is 6.92 Å². The molecule has 0 bridgehead atoms. The number of aromatic nitrogens is 2. The highest BCUT2D eigenvalue weighted by Gasteiger charge is 2.32. The zero-order chi connectivity index (χ0) is 22.8. The maximum atomic E-state index is 12.8. The number of benzene rings is 2. The van der Waals surface area contributed by atoms with Gasteiger partial charge in [-0.3, -0.25) is 24.5 Å². The SMILES string of the molecule is Cc1ccc(-c2cnccn2)cc1NC(=O)C(=O)N1CCN(C2Cc3ccccc3C2)CC1. The van der Waals surface area contributed by atoms with Crippen molar-refractivity contribution in [3.05, 3.63) is 77.7 Å². The summed E-state index contributed by atoms with van der Waals surface area (Å²) in [5.74, 6) is -1.08. The van der Waals surface area contributed by atoms with Crippen molar-refractivity contribution in [2.75, 3.05) is 31.5 Å². The van der Waals surface area contributed by atoms with Crippen molar-refractivity contribution in [1.29, 1.82) is 0 Å². The van der Waals surface area contributed by atoms with Crippen molar-refractivity contribution in [1.82, 2.24) is 19.8 Å². The van der Waals surface area contributed by atoms with E-state index in [1.165, 1.54) is 11.1 Å². The van der Waals surface area contributed by atoms with E-state index in [1.54, 1.807) is 23.5 Å². The summed E-state index contributed by atoms with van der Waals surface area (Å²) < 4.78 is 0. The Morgan fingerprint density at radius 1 is 0.970 bits per heavy atom. The van der Waals surface area contributed by atoms with E-state index in [2.05, 4.69) is 44.5 Å². The predicted molar refractivity (Wildman–Crippen MR) is 127 cm³/mol. The molecule has 1 aliphatic heterocycles. The van der Waals surface area contributed by atoms with Crippen LogP contribution in [0.5, 0.6) is 0 Å². The van der Waals surface area contributed by atoms with Crippen LogP contribution in [0.15, 0.2) is 61.1 Å². The lowest BCUT2D eigenvalue weighted by molar-refractivity contribution is -0.144. The van der Waals surface area contributed by atoms with Gasteiger partial charge in [0.1, 0.15) is 0 Å². The number of aryl methyl sites for hydroxylation is 1. The average molecular weight is 442 g/mol. The van der Waals surface area contributed by atoms with E-state index in [4.69, 9.17) is 0 Å². The Balaban J connectivity index is 1.19. The summed E-state index contributed by atoms with van der Waals surface area (Å²) in [6.45, 7) is 4.62. The number of carbonyl (C=O) groups is 2. The summed E-state index contributed by atoms with van der Waals surface area (Å²) in [6.07, 6.45) is 7.03. The molecule has 7 nitrogen and oxygen atoms in total. The van der Waals surface area contributed by atoms with Crippen LogP contribution in [0.25, 0.3) is 11.3 Å². The van der Waals surface area contributed by atoms with E-state index in [-0.39, 0.29) is 0 Å². The predicted octanol–water partition coefficient (Wildman–Crippen LogP) is 2.70. The lowest BCUT2D eigenvalue weighted by Crippen LogP contribution is -2.54. The first-order valence-corrected chi connectivity index (χ1v) is 11.4. The molecule has 2 aromatic carbocycles. The highest BCUT2D eigenvalue weighted by atomic mass is 16.2. The van der Waals surface area contributed by atoms with Gasteiger partial charge >= 0.3 is 11.8 Å². The molecular formula is C26H27N5O2. The number of nitrogens with zero attached hydrogens (tertiary/aromatic N) is 4. The van der Waals surface area contributed by atoms with Gasteiger partial charge in [0, 0.05) is 55.9 Å². The molecular weight excluding hydrogens is 414 g/mol. The third-order valence-corrected chi connectivity index (χ3v) is 6.69. The molecule has 5 rings (SSSR count). The Morgan fingerprint density at radius 3 is 2.36 bits per heavy atom. The van der Waals surface area contributed by atoms with Crippen molar-refractivity contribution in [2.45, 2.75) is 25.8 Å². The summed E-state index contributed by atoms with van der Waals surface area (Å²) >= 11 is 0. The highest BCUT2D eigenvalue weighted by molar-refractivity contribution is 6.39.